The van der Waals surface area contributed by atoms with Gasteiger partial charge in [-0.1, -0.05) is 32.9 Å². The van der Waals surface area contributed by atoms with E-state index in [0.717, 1.165) is 35.9 Å². The highest BCUT2D eigenvalue weighted by atomic mass is 32.1. The van der Waals surface area contributed by atoms with Crippen molar-refractivity contribution in [2.24, 2.45) is 11.3 Å². The molecule has 3 rings (SSSR count). The normalized spacial score (nSPS) is 17.7. The van der Waals surface area contributed by atoms with Crippen molar-refractivity contribution in [3.05, 3.63) is 46.0 Å². The molecule has 1 aliphatic carbocycles. The number of carbonyl (C=O) groups is 1. The molecule has 1 aliphatic rings. The zero-order valence-corrected chi connectivity index (χ0v) is 15.7. The molecule has 26 heavy (non-hydrogen) atoms. The number of halogens is 3. The number of fused-ring (bicyclic) bond motifs is 1. The van der Waals surface area contributed by atoms with Gasteiger partial charge in [0.2, 0.25) is 0 Å². The van der Waals surface area contributed by atoms with Gasteiger partial charge in [-0.3, -0.25) is 10.1 Å². The SMILES string of the molecule is CC(C)(C)C1CCc2nc(NC(=O)c3ccccc3C(F)(F)F)sc2C1. The summed E-state index contributed by atoms with van der Waals surface area (Å²) in [4.78, 5) is 17.9. The molecule has 0 saturated heterocycles. The van der Waals surface area contributed by atoms with Crippen LogP contribution < -0.4 is 5.32 Å². The molecule has 0 aliphatic heterocycles. The molecule has 0 bridgehead atoms. The summed E-state index contributed by atoms with van der Waals surface area (Å²) < 4.78 is 39.3. The number of alkyl halides is 3. The van der Waals surface area contributed by atoms with Crippen LogP contribution in [0.15, 0.2) is 24.3 Å². The molecule has 1 heterocycles. The molecule has 0 radical (unpaired) electrons. The number of carbonyl (C=O) groups excluding carboxylic acids is 1. The second-order valence-electron chi connectivity index (χ2n) is 7.69. The molecule has 0 saturated carbocycles. The standard InChI is InChI=1S/C19H21F3N2OS/c1-18(2,3)11-8-9-14-15(10-11)26-17(23-14)24-16(25)12-6-4-5-7-13(12)19(20,21)22/h4-7,11H,8-10H2,1-3H3,(H,23,24,25). The minimum absolute atomic E-state index is 0.191. The summed E-state index contributed by atoms with van der Waals surface area (Å²) in [7, 11) is 0. The molecule has 3 nitrogen and oxygen atoms in total. The average molecular weight is 382 g/mol. The smallest absolute Gasteiger partial charge is 0.298 e. The number of benzene rings is 1. The van der Waals surface area contributed by atoms with Crippen molar-refractivity contribution >= 4 is 22.4 Å². The number of nitrogens with one attached hydrogen (secondary N) is 1. The predicted octanol–water partition coefficient (Wildman–Crippen LogP) is 5.57. The minimum Gasteiger partial charge on any atom is -0.298 e. The van der Waals surface area contributed by atoms with Crippen LogP contribution in [0.4, 0.5) is 18.3 Å². The summed E-state index contributed by atoms with van der Waals surface area (Å²) >= 11 is 1.37. The van der Waals surface area contributed by atoms with Gasteiger partial charge in [0.1, 0.15) is 0 Å². The van der Waals surface area contributed by atoms with Gasteiger partial charge in [0, 0.05) is 4.88 Å². The van der Waals surface area contributed by atoms with E-state index < -0.39 is 17.6 Å². The Hall–Kier alpha value is -1.89. The Bertz CT molecular complexity index is 821. The van der Waals surface area contributed by atoms with Crippen molar-refractivity contribution in [3.63, 3.8) is 0 Å². The molecular weight excluding hydrogens is 361 g/mol. The van der Waals surface area contributed by atoms with Crippen LogP contribution >= 0.6 is 11.3 Å². The van der Waals surface area contributed by atoms with Crippen molar-refractivity contribution < 1.29 is 18.0 Å². The molecule has 1 aromatic heterocycles. The third kappa shape index (κ3) is 3.92. The van der Waals surface area contributed by atoms with E-state index in [-0.39, 0.29) is 11.0 Å². The van der Waals surface area contributed by atoms with Crippen molar-refractivity contribution in [2.75, 3.05) is 5.32 Å². The van der Waals surface area contributed by atoms with E-state index in [1.165, 1.54) is 29.5 Å². The van der Waals surface area contributed by atoms with Crippen LogP contribution in [0.25, 0.3) is 0 Å². The highest BCUT2D eigenvalue weighted by Crippen LogP contribution is 2.40. The molecule has 140 valence electrons. The molecular formula is C19H21F3N2OS. The number of anilines is 1. The number of hydrogen-bond acceptors (Lipinski definition) is 3. The quantitative estimate of drug-likeness (QED) is 0.738. The Morgan fingerprint density at radius 3 is 2.58 bits per heavy atom. The summed E-state index contributed by atoms with van der Waals surface area (Å²) in [6, 6.07) is 4.79. The van der Waals surface area contributed by atoms with Gasteiger partial charge in [0.15, 0.2) is 5.13 Å². The van der Waals surface area contributed by atoms with E-state index in [2.05, 4.69) is 31.1 Å². The fourth-order valence-corrected chi connectivity index (χ4v) is 4.34. The van der Waals surface area contributed by atoms with Gasteiger partial charge in [-0.2, -0.15) is 13.2 Å². The number of hydrogen-bond donors (Lipinski definition) is 1. The van der Waals surface area contributed by atoms with E-state index in [1.54, 1.807) is 0 Å². The third-order valence-corrected chi connectivity index (χ3v) is 5.90. The summed E-state index contributed by atoms with van der Waals surface area (Å²) in [5.74, 6) is -0.249. The van der Waals surface area contributed by atoms with Crippen molar-refractivity contribution in [1.29, 1.82) is 0 Å². The van der Waals surface area contributed by atoms with Gasteiger partial charge in [-0.25, -0.2) is 4.98 Å². The van der Waals surface area contributed by atoms with Crippen molar-refractivity contribution in [1.82, 2.24) is 4.98 Å². The van der Waals surface area contributed by atoms with Crippen molar-refractivity contribution in [2.45, 2.75) is 46.2 Å². The Balaban J connectivity index is 1.80. The Kier molecular flexibility index (Phi) is 4.86. The molecule has 1 aromatic carbocycles. The summed E-state index contributed by atoms with van der Waals surface area (Å²) in [5, 5.41) is 2.92. The maximum Gasteiger partial charge on any atom is 0.417 e. The molecule has 1 unspecified atom stereocenters. The predicted molar refractivity (Wildman–Crippen MR) is 96.5 cm³/mol. The topological polar surface area (TPSA) is 42.0 Å². The van der Waals surface area contributed by atoms with Crippen LogP contribution in [-0.4, -0.2) is 10.9 Å². The van der Waals surface area contributed by atoms with Gasteiger partial charge < -0.3 is 0 Å². The van der Waals surface area contributed by atoms with Crippen LogP contribution in [0, 0.1) is 11.3 Å². The lowest BCUT2D eigenvalue weighted by Gasteiger charge is -2.33. The zero-order valence-electron chi connectivity index (χ0n) is 14.9. The van der Waals surface area contributed by atoms with Crippen molar-refractivity contribution in [3.8, 4) is 0 Å². The zero-order chi connectivity index (χ0) is 19.1. The second-order valence-corrected chi connectivity index (χ2v) is 8.78. The van der Waals surface area contributed by atoms with E-state index in [4.69, 9.17) is 0 Å². The monoisotopic (exact) mass is 382 g/mol. The van der Waals surface area contributed by atoms with Crippen LogP contribution in [0.3, 0.4) is 0 Å². The van der Waals surface area contributed by atoms with Gasteiger partial charge in [0.05, 0.1) is 16.8 Å². The van der Waals surface area contributed by atoms with E-state index in [9.17, 15) is 18.0 Å². The molecule has 0 fully saturated rings. The first kappa shape index (κ1) is 18.9. The number of amides is 1. The summed E-state index contributed by atoms with van der Waals surface area (Å²) in [6.45, 7) is 6.63. The molecule has 7 heteroatoms. The van der Waals surface area contributed by atoms with Gasteiger partial charge >= 0.3 is 6.18 Å². The van der Waals surface area contributed by atoms with Crippen LogP contribution in [0.1, 0.15) is 53.7 Å². The Labute approximate surface area is 154 Å². The fraction of sp³-hybridized carbons (Fsp3) is 0.474. The summed E-state index contributed by atoms with van der Waals surface area (Å²) in [6.07, 6.45) is -1.81. The Morgan fingerprint density at radius 1 is 1.23 bits per heavy atom. The van der Waals surface area contributed by atoms with Gasteiger partial charge in [-0.15, -0.1) is 11.3 Å². The Morgan fingerprint density at radius 2 is 1.92 bits per heavy atom. The van der Waals surface area contributed by atoms with Gasteiger partial charge in [-0.05, 0) is 42.7 Å². The highest BCUT2D eigenvalue weighted by Gasteiger charge is 2.35. The van der Waals surface area contributed by atoms with E-state index in [1.807, 2.05) is 0 Å². The maximum absolute atomic E-state index is 13.1. The molecule has 0 spiro atoms. The lowest BCUT2D eigenvalue weighted by molar-refractivity contribution is -0.137. The highest BCUT2D eigenvalue weighted by molar-refractivity contribution is 7.15. The lowest BCUT2D eigenvalue weighted by atomic mass is 9.73. The first-order valence-electron chi connectivity index (χ1n) is 8.52. The minimum atomic E-state index is -4.57. The van der Waals surface area contributed by atoms with E-state index >= 15 is 0 Å². The van der Waals surface area contributed by atoms with E-state index in [0.29, 0.717) is 11.0 Å². The number of aryl methyl sites for hydroxylation is 1. The van der Waals surface area contributed by atoms with Crippen LogP contribution in [0.2, 0.25) is 0 Å². The average Bonchev–Trinajstić information content (AvgIpc) is 2.94. The first-order chi connectivity index (χ1) is 12.1. The van der Waals surface area contributed by atoms with Crippen LogP contribution in [0.5, 0.6) is 0 Å². The number of aromatic nitrogens is 1. The molecule has 1 amide bonds. The number of rotatable bonds is 2. The lowest BCUT2D eigenvalue weighted by Crippen LogP contribution is -2.26. The van der Waals surface area contributed by atoms with Gasteiger partial charge in [0.25, 0.3) is 5.91 Å². The molecule has 1 atom stereocenters. The largest absolute Gasteiger partial charge is 0.417 e. The second kappa shape index (κ2) is 6.68. The number of nitrogens with zero attached hydrogens (tertiary/aromatic N) is 1. The first-order valence-corrected chi connectivity index (χ1v) is 9.33. The molecule has 1 N–H and O–H groups in total. The number of thiazole rings is 1. The van der Waals surface area contributed by atoms with Crippen LogP contribution in [-0.2, 0) is 19.0 Å². The fourth-order valence-electron chi connectivity index (χ4n) is 3.26. The molecule has 2 aromatic rings. The maximum atomic E-state index is 13.1. The third-order valence-electron chi connectivity index (χ3n) is 4.86. The summed E-state index contributed by atoms with van der Waals surface area (Å²) in [5.41, 5.74) is -0.182.